The number of nitrogens with one attached hydrogen (secondary N) is 2. The number of carbonyl (C=O) groups excluding carboxylic acids is 4. The molecular formula is C45H50F3N7O6. The number of anilines is 1. The highest BCUT2D eigenvalue weighted by Crippen LogP contribution is 2.37. The van der Waals surface area contributed by atoms with E-state index < -0.39 is 41.4 Å². The van der Waals surface area contributed by atoms with Crippen LogP contribution in [0.25, 0.3) is 11.0 Å². The maximum Gasteiger partial charge on any atom is 0.416 e. The summed E-state index contributed by atoms with van der Waals surface area (Å²) in [6, 6.07) is 14.6. The largest absolute Gasteiger partial charge is 0.491 e. The Morgan fingerprint density at radius 2 is 1.64 bits per heavy atom. The van der Waals surface area contributed by atoms with E-state index in [4.69, 9.17) is 14.5 Å². The number of nitrogens with zero attached hydrogens (tertiary/aromatic N) is 5. The van der Waals surface area contributed by atoms with Crippen molar-refractivity contribution in [1.29, 1.82) is 0 Å². The number of piperazine rings is 1. The molecule has 1 aliphatic carbocycles. The van der Waals surface area contributed by atoms with Gasteiger partial charge in [-0.1, -0.05) is 25.6 Å². The number of halogens is 3. The number of carbonyl (C=O) groups is 4. The zero-order valence-corrected chi connectivity index (χ0v) is 34.1. The van der Waals surface area contributed by atoms with Gasteiger partial charge in [-0.25, -0.2) is 4.98 Å². The molecule has 3 fully saturated rings. The van der Waals surface area contributed by atoms with Crippen LogP contribution < -0.4 is 15.4 Å². The third-order valence-electron chi connectivity index (χ3n) is 12.2. The Kier molecular flexibility index (Phi) is 12.3. The van der Waals surface area contributed by atoms with Gasteiger partial charge in [-0.2, -0.15) is 13.2 Å². The molecule has 0 spiro atoms. The second-order valence-electron chi connectivity index (χ2n) is 16.5. The number of ether oxygens (including phenoxy) is 2. The molecular weight excluding hydrogens is 792 g/mol. The highest BCUT2D eigenvalue weighted by Gasteiger charge is 2.44. The standard InChI is InChI=1S/C45H50F3N7O6/c1-28-6-10-33(11-7-28)54-38-15-9-30(24-37(38)50-44(54)51-40(56)31-4-3-5-32(25-31)45(46,47)48)27-53-18-16-52(17-19-53)20-21-60-22-23-61-34-12-13-35-36(26-34)43(59)55(42(35)58)39-14-8-29(2)49-41(39)57/h3-5,9,12-13,15,24-26,28,33,39H,2,6-8,10-11,14,16-23,27H2,1H3,(H,49,57)(H,50,51,56). The number of imidazole rings is 1. The first-order valence-corrected chi connectivity index (χ1v) is 21.0. The number of fused-ring (bicyclic) bond motifs is 2. The summed E-state index contributed by atoms with van der Waals surface area (Å²) in [5.74, 6) is -0.644. The monoisotopic (exact) mass is 841 g/mol. The summed E-state index contributed by atoms with van der Waals surface area (Å²) in [4.78, 5) is 62.6. The molecule has 61 heavy (non-hydrogen) atoms. The fourth-order valence-electron chi connectivity index (χ4n) is 8.77. The van der Waals surface area contributed by atoms with E-state index in [1.165, 1.54) is 12.1 Å². The fourth-order valence-corrected chi connectivity index (χ4v) is 8.77. The summed E-state index contributed by atoms with van der Waals surface area (Å²) >= 11 is 0. The summed E-state index contributed by atoms with van der Waals surface area (Å²) in [7, 11) is 0. The molecule has 2 saturated heterocycles. The molecule has 0 bridgehead atoms. The van der Waals surface area contributed by atoms with Crippen LogP contribution >= 0.6 is 0 Å². The molecule has 4 amide bonds. The second kappa shape index (κ2) is 17.8. The van der Waals surface area contributed by atoms with Crippen LogP contribution in [-0.2, 0) is 22.3 Å². The minimum Gasteiger partial charge on any atom is -0.491 e. The zero-order valence-electron chi connectivity index (χ0n) is 34.1. The minimum atomic E-state index is -4.56. The Morgan fingerprint density at radius 1 is 0.885 bits per heavy atom. The van der Waals surface area contributed by atoms with Crippen molar-refractivity contribution in [2.75, 3.05) is 57.9 Å². The van der Waals surface area contributed by atoms with Gasteiger partial charge in [0.25, 0.3) is 17.7 Å². The summed E-state index contributed by atoms with van der Waals surface area (Å²) in [6.45, 7) is 12.1. The number of alkyl halides is 3. The molecule has 8 rings (SSSR count). The van der Waals surface area contributed by atoms with Gasteiger partial charge < -0.3 is 19.4 Å². The molecule has 1 aromatic heterocycles. The Morgan fingerprint density at radius 3 is 2.39 bits per heavy atom. The van der Waals surface area contributed by atoms with Crippen molar-refractivity contribution in [2.24, 2.45) is 5.92 Å². The lowest BCUT2D eigenvalue weighted by atomic mass is 9.87. The van der Waals surface area contributed by atoms with Crippen LogP contribution in [0.1, 0.15) is 93.7 Å². The van der Waals surface area contributed by atoms with E-state index in [2.05, 4.69) is 44.6 Å². The number of rotatable bonds is 13. The van der Waals surface area contributed by atoms with Crippen LogP contribution in [0.15, 0.2) is 72.9 Å². The maximum absolute atomic E-state index is 13.4. The minimum absolute atomic E-state index is 0.0778. The van der Waals surface area contributed by atoms with Crippen LogP contribution in [0.3, 0.4) is 0 Å². The Hall–Kier alpha value is -5.58. The average molecular weight is 842 g/mol. The average Bonchev–Trinajstić information content (AvgIpc) is 3.71. The maximum atomic E-state index is 13.4. The molecule has 4 aliphatic rings. The topological polar surface area (TPSA) is 138 Å². The van der Waals surface area contributed by atoms with Gasteiger partial charge in [0.2, 0.25) is 11.9 Å². The molecule has 1 saturated carbocycles. The van der Waals surface area contributed by atoms with E-state index in [-0.39, 0.29) is 29.3 Å². The fraction of sp³-hybridized carbons (Fsp3) is 0.444. The molecule has 0 radical (unpaired) electrons. The molecule has 322 valence electrons. The Balaban J connectivity index is 0.801. The van der Waals surface area contributed by atoms with E-state index in [1.54, 1.807) is 18.2 Å². The van der Waals surface area contributed by atoms with Gasteiger partial charge in [0.05, 0.1) is 40.9 Å². The first-order chi connectivity index (χ1) is 29.3. The van der Waals surface area contributed by atoms with Crippen molar-refractivity contribution in [3.63, 3.8) is 0 Å². The molecule has 2 N–H and O–H groups in total. The van der Waals surface area contributed by atoms with Crippen LogP contribution in [0, 0.1) is 5.92 Å². The second-order valence-corrected chi connectivity index (χ2v) is 16.5. The van der Waals surface area contributed by atoms with E-state index >= 15 is 0 Å². The molecule has 1 unspecified atom stereocenters. The van der Waals surface area contributed by atoms with Crippen molar-refractivity contribution in [1.82, 2.24) is 29.6 Å². The Labute approximate surface area is 351 Å². The van der Waals surface area contributed by atoms with Gasteiger partial charge in [-0.15, -0.1) is 0 Å². The van der Waals surface area contributed by atoms with Crippen LogP contribution in [0.5, 0.6) is 5.75 Å². The number of hydrogen-bond donors (Lipinski definition) is 2. The zero-order chi connectivity index (χ0) is 42.8. The highest BCUT2D eigenvalue weighted by atomic mass is 19.4. The lowest BCUT2D eigenvalue weighted by Gasteiger charge is -2.34. The number of benzene rings is 3. The molecule has 16 heteroatoms. The van der Waals surface area contributed by atoms with Gasteiger partial charge in [-0.05, 0) is 98.5 Å². The van der Waals surface area contributed by atoms with E-state index in [1.807, 2.05) is 12.1 Å². The quantitative estimate of drug-likeness (QED) is 0.112. The Bertz CT molecular complexity index is 2330. The number of allylic oxidation sites excluding steroid dienone is 1. The summed E-state index contributed by atoms with van der Waals surface area (Å²) in [5, 5.41) is 5.48. The number of amides is 4. The SMILES string of the molecule is C=C1CCC(N2C(=O)c3ccc(OCCOCCN4CCN(Cc5ccc6c(c5)nc(NC(=O)c5cccc(C(F)(F)F)c5)n6C5CCC(C)CC5)CC4)cc3C2=O)C(=O)N1. The van der Waals surface area contributed by atoms with Crippen molar-refractivity contribution in [3.8, 4) is 5.75 Å². The van der Waals surface area contributed by atoms with Gasteiger partial charge in [0, 0.05) is 56.6 Å². The van der Waals surface area contributed by atoms with Crippen molar-refractivity contribution >= 4 is 40.6 Å². The van der Waals surface area contributed by atoms with Gasteiger partial charge in [0.15, 0.2) is 0 Å². The van der Waals surface area contributed by atoms with Gasteiger partial charge >= 0.3 is 6.18 Å². The normalized spacial score (nSPS) is 21.5. The molecule has 1 atom stereocenters. The number of piperidine rings is 1. The molecule has 4 heterocycles. The van der Waals surface area contributed by atoms with Crippen LogP contribution in [-0.4, -0.2) is 106 Å². The predicted octanol–water partition coefficient (Wildman–Crippen LogP) is 6.66. The first-order valence-electron chi connectivity index (χ1n) is 21.0. The van der Waals surface area contributed by atoms with Crippen LogP contribution in [0.4, 0.5) is 19.1 Å². The third kappa shape index (κ3) is 9.36. The van der Waals surface area contributed by atoms with Gasteiger partial charge in [0.1, 0.15) is 18.4 Å². The lowest BCUT2D eigenvalue weighted by Crippen LogP contribution is -2.51. The summed E-state index contributed by atoms with van der Waals surface area (Å²) < 4.78 is 54.0. The van der Waals surface area contributed by atoms with Crippen LogP contribution in [0.2, 0.25) is 0 Å². The number of hydrogen-bond acceptors (Lipinski definition) is 9. The van der Waals surface area contributed by atoms with E-state index in [0.717, 1.165) is 98.6 Å². The highest BCUT2D eigenvalue weighted by molar-refractivity contribution is 6.23. The number of aromatic nitrogens is 2. The van der Waals surface area contributed by atoms with E-state index in [9.17, 15) is 32.3 Å². The van der Waals surface area contributed by atoms with Crippen molar-refractivity contribution < 1.29 is 41.8 Å². The predicted molar refractivity (Wildman–Crippen MR) is 221 cm³/mol. The smallest absolute Gasteiger partial charge is 0.416 e. The molecule has 13 nitrogen and oxygen atoms in total. The molecule has 3 aliphatic heterocycles. The van der Waals surface area contributed by atoms with Gasteiger partial charge in [-0.3, -0.25) is 39.2 Å². The van der Waals surface area contributed by atoms with Crippen molar-refractivity contribution in [3.05, 3.63) is 101 Å². The summed E-state index contributed by atoms with van der Waals surface area (Å²) in [5.41, 5.74) is 2.80. The van der Waals surface area contributed by atoms with Crippen molar-refractivity contribution in [2.45, 2.75) is 70.3 Å². The third-order valence-corrected chi connectivity index (χ3v) is 12.2. The summed E-state index contributed by atoms with van der Waals surface area (Å²) in [6.07, 6.45) is 0.213. The lowest BCUT2D eigenvalue weighted by molar-refractivity contribution is -0.137. The number of imide groups is 1. The molecule has 3 aromatic carbocycles. The van der Waals surface area contributed by atoms with E-state index in [0.29, 0.717) is 49.4 Å². The first kappa shape index (κ1) is 42.1. The molecule has 4 aromatic rings.